The summed E-state index contributed by atoms with van der Waals surface area (Å²) in [4.78, 5) is 29.5. The Morgan fingerprint density at radius 3 is 2.50 bits per heavy atom. The number of nitrogens with zero attached hydrogens (tertiary/aromatic N) is 2. The first kappa shape index (κ1) is 19.4. The molecule has 6 nitrogen and oxygen atoms in total. The molecule has 0 saturated heterocycles. The van der Waals surface area contributed by atoms with E-state index >= 15 is 0 Å². The molecule has 0 radical (unpaired) electrons. The summed E-state index contributed by atoms with van der Waals surface area (Å²) in [5.74, 6) is -1.04. The van der Waals surface area contributed by atoms with Crippen LogP contribution in [-0.2, 0) is 11.3 Å². The minimum atomic E-state index is -0.632. The number of pyridine rings is 1. The minimum Gasteiger partial charge on any atom is -0.364 e. The van der Waals surface area contributed by atoms with Crippen molar-refractivity contribution < 1.29 is 14.0 Å². The van der Waals surface area contributed by atoms with E-state index in [1.54, 1.807) is 25.2 Å². The Hall–Kier alpha value is -3.32. The normalized spacial score (nSPS) is 11.0. The number of nitrogens with two attached hydrogens (primary N) is 1. The summed E-state index contributed by atoms with van der Waals surface area (Å²) in [5, 5.41) is 3.42. The number of carbonyl (C=O) groups excluding carboxylic acids is 2. The van der Waals surface area contributed by atoms with Gasteiger partial charge in [-0.25, -0.2) is 9.37 Å². The molecule has 1 aromatic heterocycles. The molecule has 0 atom stereocenters. The van der Waals surface area contributed by atoms with Gasteiger partial charge < -0.3 is 11.1 Å². The van der Waals surface area contributed by atoms with Gasteiger partial charge in [0.25, 0.3) is 5.91 Å². The van der Waals surface area contributed by atoms with Gasteiger partial charge in [-0.3, -0.25) is 14.5 Å². The SMILES string of the molecule is CNC(=O)CN(C)Cc1ccc2c(-c3ccc(F)cc3)cc(C(N)=O)nc2c1. The molecule has 0 aliphatic rings. The molecule has 28 heavy (non-hydrogen) atoms. The van der Waals surface area contributed by atoms with E-state index in [1.165, 1.54) is 12.1 Å². The third kappa shape index (κ3) is 4.32. The molecule has 3 rings (SSSR count). The second-order valence-corrected chi connectivity index (χ2v) is 6.62. The second-order valence-electron chi connectivity index (χ2n) is 6.62. The molecule has 0 unspecified atom stereocenters. The first-order chi connectivity index (χ1) is 13.4. The van der Waals surface area contributed by atoms with Crippen molar-refractivity contribution in [2.24, 2.45) is 5.73 Å². The first-order valence-corrected chi connectivity index (χ1v) is 8.76. The van der Waals surface area contributed by atoms with E-state index < -0.39 is 5.91 Å². The van der Waals surface area contributed by atoms with E-state index in [9.17, 15) is 14.0 Å². The van der Waals surface area contributed by atoms with Crippen LogP contribution in [0.1, 0.15) is 16.1 Å². The van der Waals surface area contributed by atoms with Crippen LogP contribution in [0.25, 0.3) is 22.0 Å². The molecule has 0 saturated carbocycles. The van der Waals surface area contributed by atoms with E-state index in [0.29, 0.717) is 12.1 Å². The molecule has 144 valence electrons. The molecule has 0 spiro atoms. The Bertz CT molecular complexity index is 1030. The highest BCUT2D eigenvalue weighted by Gasteiger charge is 2.13. The lowest BCUT2D eigenvalue weighted by atomic mass is 9.98. The van der Waals surface area contributed by atoms with Gasteiger partial charge in [-0.05, 0) is 48.0 Å². The predicted molar refractivity (Wildman–Crippen MR) is 106 cm³/mol. The quantitative estimate of drug-likeness (QED) is 0.687. The number of hydrogen-bond acceptors (Lipinski definition) is 4. The number of amides is 2. The lowest BCUT2D eigenvalue weighted by Crippen LogP contribution is -2.32. The van der Waals surface area contributed by atoms with Crippen LogP contribution in [0.4, 0.5) is 4.39 Å². The first-order valence-electron chi connectivity index (χ1n) is 8.76. The standard InChI is InChI=1S/C21H21FN4O2/c1-24-20(27)12-26(2)11-13-3-8-16-17(14-4-6-15(22)7-5-14)10-19(21(23)28)25-18(16)9-13/h3-10H,11-12H2,1-2H3,(H2,23,28)(H,24,27). The van der Waals surface area contributed by atoms with E-state index in [2.05, 4.69) is 10.3 Å². The molecule has 0 fully saturated rings. The number of likely N-dealkylation sites (N-methyl/N-ethyl adjacent to an activating group) is 2. The van der Waals surface area contributed by atoms with Crippen LogP contribution in [0, 0.1) is 5.82 Å². The highest BCUT2D eigenvalue weighted by molar-refractivity contribution is 6.00. The second kappa shape index (κ2) is 8.14. The Morgan fingerprint density at radius 1 is 1.14 bits per heavy atom. The molecule has 1 heterocycles. The van der Waals surface area contributed by atoms with Crippen molar-refractivity contribution in [3.63, 3.8) is 0 Å². The fourth-order valence-corrected chi connectivity index (χ4v) is 3.06. The van der Waals surface area contributed by atoms with Crippen LogP contribution in [0.15, 0.2) is 48.5 Å². The van der Waals surface area contributed by atoms with Gasteiger partial charge in [-0.2, -0.15) is 0 Å². The monoisotopic (exact) mass is 380 g/mol. The van der Waals surface area contributed by atoms with Crippen LogP contribution in [0.3, 0.4) is 0 Å². The van der Waals surface area contributed by atoms with E-state index in [1.807, 2.05) is 30.1 Å². The topological polar surface area (TPSA) is 88.3 Å². The number of rotatable bonds is 6. The number of hydrogen-bond donors (Lipinski definition) is 2. The van der Waals surface area contributed by atoms with E-state index in [4.69, 9.17) is 5.73 Å². The highest BCUT2D eigenvalue weighted by atomic mass is 19.1. The number of primary amides is 1. The average molecular weight is 380 g/mol. The van der Waals surface area contributed by atoms with Crippen molar-refractivity contribution in [3.8, 4) is 11.1 Å². The lowest BCUT2D eigenvalue weighted by Gasteiger charge is -2.16. The van der Waals surface area contributed by atoms with Crippen molar-refractivity contribution in [2.75, 3.05) is 20.6 Å². The predicted octanol–water partition coefficient (Wildman–Crippen LogP) is 2.32. The van der Waals surface area contributed by atoms with E-state index in [-0.39, 0.29) is 24.0 Å². The number of carbonyl (C=O) groups is 2. The fraction of sp³-hybridized carbons (Fsp3) is 0.190. The third-order valence-electron chi connectivity index (χ3n) is 4.43. The van der Waals surface area contributed by atoms with Gasteiger partial charge in [0.2, 0.25) is 5.91 Å². The molecule has 0 aliphatic carbocycles. The van der Waals surface area contributed by atoms with Crippen molar-refractivity contribution in [2.45, 2.75) is 6.54 Å². The molecule has 3 aromatic rings. The summed E-state index contributed by atoms with van der Waals surface area (Å²) < 4.78 is 13.3. The van der Waals surface area contributed by atoms with Crippen LogP contribution in [-0.4, -0.2) is 42.3 Å². The zero-order valence-electron chi connectivity index (χ0n) is 15.7. The smallest absolute Gasteiger partial charge is 0.267 e. The van der Waals surface area contributed by atoms with Crippen molar-refractivity contribution in [1.29, 1.82) is 0 Å². The van der Waals surface area contributed by atoms with Gasteiger partial charge in [0, 0.05) is 19.0 Å². The van der Waals surface area contributed by atoms with Crippen LogP contribution in [0.2, 0.25) is 0 Å². The van der Waals surface area contributed by atoms with Crippen molar-refractivity contribution in [3.05, 3.63) is 65.6 Å². The molecule has 2 amide bonds. The molecular weight excluding hydrogens is 359 g/mol. The summed E-state index contributed by atoms with van der Waals surface area (Å²) >= 11 is 0. The lowest BCUT2D eigenvalue weighted by molar-refractivity contribution is -0.121. The molecule has 0 aliphatic heterocycles. The fourth-order valence-electron chi connectivity index (χ4n) is 3.06. The number of fused-ring (bicyclic) bond motifs is 1. The zero-order valence-corrected chi connectivity index (χ0v) is 15.7. The van der Waals surface area contributed by atoms with Gasteiger partial charge in [0.1, 0.15) is 11.5 Å². The van der Waals surface area contributed by atoms with Gasteiger partial charge >= 0.3 is 0 Å². The Labute approximate surface area is 162 Å². The van der Waals surface area contributed by atoms with Gasteiger partial charge in [-0.15, -0.1) is 0 Å². The largest absolute Gasteiger partial charge is 0.364 e. The number of benzene rings is 2. The Balaban J connectivity index is 2.04. The molecule has 3 N–H and O–H groups in total. The van der Waals surface area contributed by atoms with Crippen LogP contribution < -0.4 is 11.1 Å². The Kier molecular flexibility index (Phi) is 5.65. The average Bonchev–Trinajstić information content (AvgIpc) is 2.67. The molecule has 0 bridgehead atoms. The summed E-state index contributed by atoms with van der Waals surface area (Å²) in [6.07, 6.45) is 0. The summed E-state index contributed by atoms with van der Waals surface area (Å²) in [7, 11) is 3.44. The summed E-state index contributed by atoms with van der Waals surface area (Å²) in [6.45, 7) is 0.807. The zero-order chi connectivity index (χ0) is 20.3. The Morgan fingerprint density at radius 2 is 1.86 bits per heavy atom. The van der Waals surface area contributed by atoms with Crippen molar-refractivity contribution in [1.82, 2.24) is 15.2 Å². The molecule has 7 heteroatoms. The maximum atomic E-state index is 13.3. The summed E-state index contributed by atoms with van der Waals surface area (Å²) in [6, 6.07) is 13.4. The van der Waals surface area contributed by atoms with Crippen molar-refractivity contribution >= 4 is 22.7 Å². The highest BCUT2D eigenvalue weighted by Crippen LogP contribution is 2.29. The molecular formula is C21H21FN4O2. The van der Waals surface area contributed by atoms with Crippen LogP contribution in [0.5, 0.6) is 0 Å². The number of halogens is 1. The maximum absolute atomic E-state index is 13.3. The molecule has 2 aromatic carbocycles. The minimum absolute atomic E-state index is 0.0731. The van der Waals surface area contributed by atoms with E-state index in [0.717, 1.165) is 22.1 Å². The van der Waals surface area contributed by atoms with Crippen LogP contribution >= 0.6 is 0 Å². The van der Waals surface area contributed by atoms with Gasteiger partial charge in [0.05, 0.1) is 12.1 Å². The maximum Gasteiger partial charge on any atom is 0.267 e. The third-order valence-corrected chi connectivity index (χ3v) is 4.43. The van der Waals surface area contributed by atoms with Gasteiger partial charge in [0.15, 0.2) is 0 Å². The number of nitrogens with one attached hydrogen (secondary N) is 1. The number of aromatic nitrogens is 1. The van der Waals surface area contributed by atoms with Gasteiger partial charge in [-0.1, -0.05) is 24.3 Å². The summed E-state index contributed by atoms with van der Waals surface area (Å²) in [5.41, 5.74) is 8.67.